The lowest BCUT2D eigenvalue weighted by atomic mass is 10.1. The highest BCUT2D eigenvalue weighted by atomic mass is 16.5. The number of hydrogen-bond acceptors (Lipinski definition) is 4. The average Bonchev–Trinajstić information content (AvgIpc) is 2.54. The van der Waals surface area contributed by atoms with Crippen molar-refractivity contribution in [2.45, 2.75) is 18.9 Å². The number of hydrogen-bond donors (Lipinski definition) is 1. The number of nitrogens with zero attached hydrogens (tertiary/aromatic N) is 1. The van der Waals surface area contributed by atoms with Crippen LogP contribution in [0.4, 0.5) is 0 Å². The van der Waals surface area contributed by atoms with Gasteiger partial charge in [0.2, 0.25) is 5.91 Å². The number of piperidine rings is 1. The number of rotatable bonds is 5. The van der Waals surface area contributed by atoms with E-state index in [0.29, 0.717) is 11.5 Å². The van der Waals surface area contributed by atoms with Crippen LogP contribution in [0.15, 0.2) is 24.3 Å². The second-order valence-corrected chi connectivity index (χ2v) is 5.53. The summed E-state index contributed by atoms with van der Waals surface area (Å²) in [7, 11) is 5.30. The molecular weight excluding hydrogens is 280 g/mol. The molecule has 2 rings (SSSR count). The van der Waals surface area contributed by atoms with Crippen LogP contribution in [0, 0.1) is 0 Å². The van der Waals surface area contributed by atoms with Gasteiger partial charge in [-0.25, -0.2) is 0 Å². The third-order valence-corrected chi connectivity index (χ3v) is 3.90. The highest BCUT2D eigenvalue weighted by molar-refractivity contribution is 5.92. The van der Waals surface area contributed by atoms with Crippen LogP contribution in [0.25, 0.3) is 6.08 Å². The summed E-state index contributed by atoms with van der Waals surface area (Å²) in [5.74, 6) is 1.28. The van der Waals surface area contributed by atoms with Gasteiger partial charge in [-0.3, -0.25) is 4.79 Å². The number of likely N-dealkylation sites (tertiary alicyclic amines) is 1. The molecule has 1 heterocycles. The topological polar surface area (TPSA) is 50.8 Å². The summed E-state index contributed by atoms with van der Waals surface area (Å²) < 4.78 is 10.4. The molecule has 1 saturated heterocycles. The molecule has 1 aromatic rings. The quantitative estimate of drug-likeness (QED) is 0.845. The molecule has 1 N–H and O–H groups in total. The standard InChI is InChI=1S/C17H24N2O3/c1-19-10-8-14(9-11-19)18-17(20)7-5-13-4-6-15(21-2)16(12-13)22-3/h4-7,12,14H,8-11H2,1-3H3,(H,18,20)/b7-5+. The highest BCUT2D eigenvalue weighted by Crippen LogP contribution is 2.27. The Balaban J connectivity index is 1.92. The zero-order chi connectivity index (χ0) is 15.9. The predicted octanol–water partition coefficient (Wildman–Crippen LogP) is 1.93. The molecule has 0 spiro atoms. The number of nitrogens with one attached hydrogen (secondary N) is 1. The molecule has 1 amide bonds. The Kier molecular flexibility index (Phi) is 5.83. The van der Waals surface area contributed by atoms with Crippen molar-refractivity contribution in [3.05, 3.63) is 29.8 Å². The van der Waals surface area contributed by atoms with Gasteiger partial charge in [0.1, 0.15) is 0 Å². The number of carbonyl (C=O) groups excluding carboxylic acids is 1. The number of carbonyl (C=O) groups is 1. The van der Waals surface area contributed by atoms with Crippen molar-refractivity contribution in [3.63, 3.8) is 0 Å². The lowest BCUT2D eigenvalue weighted by molar-refractivity contribution is -0.117. The predicted molar refractivity (Wildman–Crippen MR) is 87.2 cm³/mol. The lowest BCUT2D eigenvalue weighted by Crippen LogP contribution is -2.42. The van der Waals surface area contributed by atoms with Crippen LogP contribution >= 0.6 is 0 Å². The normalized spacial score (nSPS) is 16.7. The molecule has 0 saturated carbocycles. The first-order valence-electron chi connectivity index (χ1n) is 7.51. The van der Waals surface area contributed by atoms with Gasteiger partial charge in [0.25, 0.3) is 0 Å². The zero-order valence-corrected chi connectivity index (χ0v) is 13.5. The molecule has 1 aliphatic rings. The Morgan fingerprint density at radius 1 is 1.23 bits per heavy atom. The Morgan fingerprint density at radius 3 is 2.55 bits per heavy atom. The SMILES string of the molecule is COc1ccc(/C=C/C(=O)NC2CCN(C)CC2)cc1OC. The van der Waals surface area contributed by atoms with Crippen molar-refractivity contribution in [1.29, 1.82) is 0 Å². The van der Waals surface area contributed by atoms with E-state index in [0.717, 1.165) is 31.5 Å². The van der Waals surface area contributed by atoms with Crippen LogP contribution in [0.2, 0.25) is 0 Å². The minimum atomic E-state index is -0.0515. The van der Waals surface area contributed by atoms with Crippen molar-refractivity contribution < 1.29 is 14.3 Å². The lowest BCUT2D eigenvalue weighted by Gasteiger charge is -2.29. The molecule has 1 aliphatic heterocycles. The summed E-state index contributed by atoms with van der Waals surface area (Å²) in [5.41, 5.74) is 0.899. The molecule has 5 heteroatoms. The van der Waals surface area contributed by atoms with Gasteiger partial charge in [0.15, 0.2) is 11.5 Å². The number of methoxy groups -OCH3 is 2. The fourth-order valence-corrected chi connectivity index (χ4v) is 2.53. The van der Waals surface area contributed by atoms with Gasteiger partial charge in [0, 0.05) is 12.1 Å². The number of amides is 1. The van der Waals surface area contributed by atoms with Gasteiger partial charge in [-0.05, 0) is 56.8 Å². The number of benzene rings is 1. The van der Waals surface area contributed by atoms with Gasteiger partial charge in [-0.15, -0.1) is 0 Å². The fraction of sp³-hybridized carbons (Fsp3) is 0.471. The Morgan fingerprint density at radius 2 is 1.91 bits per heavy atom. The van der Waals surface area contributed by atoms with Crippen LogP contribution in [-0.2, 0) is 4.79 Å². The zero-order valence-electron chi connectivity index (χ0n) is 13.5. The van der Waals surface area contributed by atoms with Crippen LogP contribution in [0.5, 0.6) is 11.5 Å². The van der Waals surface area contributed by atoms with Gasteiger partial charge < -0.3 is 19.7 Å². The van der Waals surface area contributed by atoms with Crippen LogP contribution < -0.4 is 14.8 Å². The molecule has 0 aliphatic carbocycles. The van der Waals surface area contributed by atoms with E-state index in [9.17, 15) is 4.79 Å². The minimum Gasteiger partial charge on any atom is -0.493 e. The van der Waals surface area contributed by atoms with E-state index in [1.165, 1.54) is 0 Å². The van der Waals surface area contributed by atoms with Crippen molar-refractivity contribution in [2.24, 2.45) is 0 Å². The van der Waals surface area contributed by atoms with Gasteiger partial charge in [0.05, 0.1) is 14.2 Å². The van der Waals surface area contributed by atoms with Crippen LogP contribution in [0.3, 0.4) is 0 Å². The maximum atomic E-state index is 12.0. The number of ether oxygens (including phenoxy) is 2. The van der Waals surface area contributed by atoms with Crippen molar-refractivity contribution in [1.82, 2.24) is 10.2 Å². The molecule has 0 radical (unpaired) electrons. The second-order valence-electron chi connectivity index (χ2n) is 5.53. The van der Waals surface area contributed by atoms with Gasteiger partial charge >= 0.3 is 0 Å². The third-order valence-electron chi connectivity index (χ3n) is 3.90. The minimum absolute atomic E-state index is 0.0515. The fourth-order valence-electron chi connectivity index (χ4n) is 2.53. The van der Waals surface area contributed by atoms with E-state index < -0.39 is 0 Å². The summed E-state index contributed by atoms with van der Waals surface area (Å²) in [6, 6.07) is 5.84. The largest absolute Gasteiger partial charge is 0.493 e. The Labute approximate surface area is 131 Å². The smallest absolute Gasteiger partial charge is 0.244 e. The van der Waals surface area contributed by atoms with Gasteiger partial charge in [-0.1, -0.05) is 6.07 Å². The van der Waals surface area contributed by atoms with E-state index >= 15 is 0 Å². The third kappa shape index (κ3) is 4.49. The summed E-state index contributed by atoms with van der Waals surface area (Å²) >= 11 is 0. The summed E-state index contributed by atoms with van der Waals surface area (Å²) in [6.45, 7) is 2.06. The van der Waals surface area contributed by atoms with E-state index in [2.05, 4.69) is 17.3 Å². The first kappa shape index (κ1) is 16.4. The van der Waals surface area contributed by atoms with Crippen LogP contribution in [-0.4, -0.2) is 51.2 Å². The first-order chi connectivity index (χ1) is 10.6. The van der Waals surface area contributed by atoms with E-state index in [1.54, 1.807) is 26.4 Å². The molecule has 1 aromatic carbocycles. The van der Waals surface area contributed by atoms with Crippen molar-refractivity contribution in [3.8, 4) is 11.5 Å². The molecule has 1 fully saturated rings. The average molecular weight is 304 g/mol. The molecular formula is C17H24N2O3. The van der Waals surface area contributed by atoms with Gasteiger partial charge in [-0.2, -0.15) is 0 Å². The molecule has 0 unspecified atom stereocenters. The van der Waals surface area contributed by atoms with Crippen molar-refractivity contribution in [2.75, 3.05) is 34.4 Å². The second kappa shape index (κ2) is 7.84. The van der Waals surface area contributed by atoms with Crippen molar-refractivity contribution >= 4 is 12.0 Å². The monoisotopic (exact) mass is 304 g/mol. The maximum Gasteiger partial charge on any atom is 0.244 e. The summed E-state index contributed by atoms with van der Waals surface area (Å²) in [6.07, 6.45) is 5.37. The maximum absolute atomic E-state index is 12.0. The Bertz CT molecular complexity index is 535. The van der Waals surface area contributed by atoms with E-state index in [-0.39, 0.29) is 11.9 Å². The highest BCUT2D eigenvalue weighted by Gasteiger charge is 2.17. The molecule has 120 valence electrons. The molecule has 0 bridgehead atoms. The molecule has 0 atom stereocenters. The summed E-state index contributed by atoms with van der Waals surface area (Å²) in [4.78, 5) is 14.3. The first-order valence-corrected chi connectivity index (χ1v) is 7.51. The Hall–Kier alpha value is -2.01. The van der Waals surface area contributed by atoms with Crippen LogP contribution in [0.1, 0.15) is 18.4 Å². The summed E-state index contributed by atoms with van der Waals surface area (Å²) in [5, 5.41) is 3.05. The molecule has 5 nitrogen and oxygen atoms in total. The molecule has 22 heavy (non-hydrogen) atoms. The van der Waals surface area contributed by atoms with E-state index in [4.69, 9.17) is 9.47 Å². The van der Waals surface area contributed by atoms with E-state index in [1.807, 2.05) is 18.2 Å². The molecule has 0 aromatic heterocycles.